The van der Waals surface area contributed by atoms with Gasteiger partial charge in [-0.1, -0.05) is 17.3 Å². The molecule has 0 bridgehead atoms. The zero-order valence-electron chi connectivity index (χ0n) is 7.11. The highest BCUT2D eigenvalue weighted by molar-refractivity contribution is 5.88. The van der Waals surface area contributed by atoms with E-state index in [1.165, 1.54) is 0 Å². The molecule has 3 heteroatoms. The van der Waals surface area contributed by atoms with E-state index < -0.39 is 0 Å². The van der Waals surface area contributed by atoms with Crippen molar-refractivity contribution < 1.29 is 4.52 Å². The molecule has 12 heavy (non-hydrogen) atoms. The number of aromatic nitrogens is 1. The number of benzene rings is 1. The van der Waals surface area contributed by atoms with Crippen LogP contribution in [0.5, 0.6) is 0 Å². The van der Waals surface area contributed by atoms with Crippen LogP contribution >= 0.6 is 0 Å². The molecule has 3 nitrogen and oxygen atoms in total. The van der Waals surface area contributed by atoms with E-state index in [1.807, 2.05) is 43.3 Å². The first-order valence-corrected chi connectivity index (χ1v) is 3.81. The highest BCUT2D eigenvalue weighted by Crippen LogP contribution is 2.23. The summed E-state index contributed by atoms with van der Waals surface area (Å²) in [5, 5.41) is 5.00. The van der Waals surface area contributed by atoms with Crippen LogP contribution in [0.15, 0.2) is 28.8 Å². The number of hydrogen-bond donors (Lipinski definition) is 0. The second-order valence-corrected chi connectivity index (χ2v) is 2.90. The van der Waals surface area contributed by atoms with E-state index in [-0.39, 0.29) is 0 Å². The van der Waals surface area contributed by atoms with Crippen molar-refractivity contribution in [3.63, 3.8) is 0 Å². The fourth-order valence-electron chi connectivity index (χ4n) is 1.20. The largest absolute Gasteiger partial charge is 0.359 e. The van der Waals surface area contributed by atoms with Crippen molar-refractivity contribution >= 4 is 16.8 Å². The lowest BCUT2D eigenvalue weighted by atomic mass is 10.2. The van der Waals surface area contributed by atoms with Gasteiger partial charge >= 0.3 is 0 Å². The molecule has 0 radical (unpaired) electrons. The van der Waals surface area contributed by atoms with Crippen LogP contribution in [0.25, 0.3) is 11.0 Å². The van der Waals surface area contributed by atoms with Crippen LogP contribution in [0.2, 0.25) is 0 Å². The Morgan fingerprint density at radius 3 is 2.75 bits per heavy atom. The summed E-state index contributed by atoms with van der Waals surface area (Å²) < 4.78 is 5.12. The lowest BCUT2D eigenvalue weighted by Crippen LogP contribution is -2.08. The Kier molecular flexibility index (Phi) is 1.50. The maximum atomic E-state index is 5.12. The predicted octanol–water partition coefficient (Wildman–Crippen LogP) is 1.89. The number of rotatable bonds is 1. The molecule has 0 fully saturated rings. The van der Waals surface area contributed by atoms with Crippen LogP contribution in [0.1, 0.15) is 0 Å². The zero-order valence-corrected chi connectivity index (χ0v) is 7.11. The van der Waals surface area contributed by atoms with Crippen molar-refractivity contribution in [1.29, 1.82) is 0 Å². The molecule has 2 rings (SSSR count). The number of fused-ring (bicyclic) bond motifs is 1. The summed E-state index contributed by atoms with van der Waals surface area (Å²) in [5.74, 6) is 0.880. The van der Waals surface area contributed by atoms with Crippen molar-refractivity contribution in [2.75, 3.05) is 19.0 Å². The third kappa shape index (κ3) is 0.942. The van der Waals surface area contributed by atoms with Crippen molar-refractivity contribution in [3.8, 4) is 0 Å². The van der Waals surface area contributed by atoms with Gasteiger partial charge in [0.15, 0.2) is 11.4 Å². The number of para-hydroxylation sites is 1. The van der Waals surface area contributed by atoms with Crippen molar-refractivity contribution in [3.05, 3.63) is 24.3 Å². The lowest BCUT2D eigenvalue weighted by Gasteiger charge is -2.05. The summed E-state index contributed by atoms with van der Waals surface area (Å²) in [4.78, 5) is 1.94. The van der Waals surface area contributed by atoms with Gasteiger partial charge in [0.25, 0.3) is 0 Å². The highest BCUT2D eigenvalue weighted by atomic mass is 16.5. The molecule has 2 aromatic rings. The molecule has 0 unspecified atom stereocenters. The fourth-order valence-corrected chi connectivity index (χ4v) is 1.20. The van der Waals surface area contributed by atoms with E-state index in [2.05, 4.69) is 5.16 Å². The summed E-state index contributed by atoms with van der Waals surface area (Å²) in [6.45, 7) is 0. The predicted molar refractivity (Wildman–Crippen MR) is 48.3 cm³/mol. The van der Waals surface area contributed by atoms with Crippen molar-refractivity contribution in [2.24, 2.45) is 0 Å². The molecule has 0 aliphatic carbocycles. The minimum atomic E-state index is 0.834. The molecule has 0 N–H and O–H groups in total. The first-order valence-electron chi connectivity index (χ1n) is 3.81. The van der Waals surface area contributed by atoms with Crippen molar-refractivity contribution in [2.45, 2.75) is 0 Å². The summed E-state index contributed by atoms with van der Waals surface area (Å²) in [5.41, 5.74) is 0.834. The maximum absolute atomic E-state index is 5.12. The SMILES string of the molecule is CN(C)c1noc2ccccc12. The molecule has 1 heterocycles. The summed E-state index contributed by atoms with van der Waals surface area (Å²) in [7, 11) is 3.90. The van der Waals surface area contributed by atoms with Gasteiger partial charge in [0.2, 0.25) is 0 Å². The second-order valence-electron chi connectivity index (χ2n) is 2.90. The van der Waals surface area contributed by atoms with Gasteiger partial charge in [-0.05, 0) is 12.1 Å². The molecule has 0 aliphatic heterocycles. The Hall–Kier alpha value is -1.51. The minimum absolute atomic E-state index is 0.834. The molecule has 0 saturated heterocycles. The summed E-state index contributed by atoms with van der Waals surface area (Å²) >= 11 is 0. The quantitative estimate of drug-likeness (QED) is 0.641. The van der Waals surface area contributed by atoms with E-state index in [9.17, 15) is 0 Å². The average molecular weight is 162 g/mol. The van der Waals surface area contributed by atoms with Gasteiger partial charge in [0, 0.05) is 14.1 Å². The minimum Gasteiger partial charge on any atom is -0.359 e. The van der Waals surface area contributed by atoms with Crippen LogP contribution in [0.4, 0.5) is 5.82 Å². The zero-order chi connectivity index (χ0) is 8.55. The first kappa shape index (κ1) is 7.16. The van der Waals surface area contributed by atoms with Gasteiger partial charge in [-0.3, -0.25) is 0 Å². The summed E-state index contributed by atoms with van der Waals surface area (Å²) in [6, 6.07) is 7.83. The second kappa shape index (κ2) is 2.52. The summed E-state index contributed by atoms with van der Waals surface area (Å²) in [6.07, 6.45) is 0. The van der Waals surface area contributed by atoms with Crippen LogP contribution in [0, 0.1) is 0 Å². The van der Waals surface area contributed by atoms with Crippen LogP contribution in [-0.2, 0) is 0 Å². The molecule has 1 aromatic heterocycles. The molecule has 0 atom stereocenters. The molecule has 1 aromatic carbocycles. The van der Waals surface area contributed by atoms with Gasteiger partial charge in [-0.25, -0.2) is 0 Å². The van der Waals surface area contributed by atoms with Gasteiger partial charge in [0.1, 0.15) is 0 Å². The van der Waals surface area contributed by atoms with E-state index in [0.717, 1.165) is 16.8 Å². The topological polar surface area (TPSA) is 29.3 Å². The van der Waals surface area contributed by atoms with Gasteiger partial charge in [-0.2, -0.15) is 0 Å². The standard InChI is InChI=1S/C9H10N2O/c1-11(2)9-7-5-3-4-6-8(7)12-10-9/h3-6H,1-2H3. The van der Waals surface area contributed by atoms with Gasteiger partial charge in [0.05, 0.1) is 5.39 Å². The molecule has 0 aliphatic rings. The molecule has 0 amide bonds. The van der Waals surface area contributed by atoms with Crippen LogP contribution in [0.3, 0.4) is 0 Å². The Balaban J connectivity index is 2.70. The van der Waals surface area contributed by atoms with E-state index in [1.54, 1.807) is 0 Å². The third-order valence-corrected chi connectivity index (χ3v) is 1.78. The normalized spacial score (nSPS) is 10.5. The number of anilines is 1. The number of hydrogen-bond acceptors (Lipinski definition) is 3. The lowest BCUT2D eigenvalue weighted by molar-refractivity contribution is 0.457. The molecule has 62 valence electrons. The monoisotopic (exact) mass is 162 g/mol. The Labute approximate surface area is 70.6 Å². The Bertz CT molecular complexity index is 392. The van der Waals surface area contributed by atoms with Crippen LogP contribution in [-0.4, -0.2) is 19.3 Å². The Morgan fingerprint density at radius 1 is 1.25 bits per heavy atom. The Morgan fingerprint density at radius 2 is 2.00 bits per heavy atom. The van der Waals surface area contributed by atoms with E-state index in [4.69, 9.17) is 4.52 Å². The van der Waals surface area contributed by atoms with Gasteiger partial charge in [-0.15, -0.1) is 0 Å². The molecular formula is C9H10N2O. The molecular weight excluding hydrogens is 152 g/mol. The van der Waals surface area contributed by atoms with E-state index in [0.29, 0.717) is 0 Å². The van der Waals surface area contributed by atoms with Gasteiger partial charge < -0.3 is 9.42 Å². The third-order valence-electron chi connectivity index (χ3n) is 1.78. The fraction of sp³-hybridized carbons (Fsp3) is 0.222. The smallest absolute Gasteiger partial charge is 0.179 e. The molecule has 0 spiro atoms. The molecule has 0 saturated carbocycles. The van der Waals surface area contributed by atoms with Crippen LogP contribution < -0.4 is 4.90 Å². The maximum Gasteiger partial charge on any atom is 0.179 e. The highest BCUT2D eigenvalue weighted by Gasteiger charge is 2.07. The van der Waals surface area contributed by atoms with Crippen molar-refractivity contribution in [1.82, 2.24) is 5.16 Å². The number of nitrogens with zero attached hydrogens (tertiary/aromatic N) is 2. The van der Waals surface area contributed by atoms with E-state index >= 15 is 0 Å². The first-order chi connectivity index (χ1) is 5.79. The average Bonchev–Trinajstić information content (AvgIpc) is 2.47.